The largest absolute Gasteiger partial charge is 0.468 e. The molecule has 2 heterocycles. The molecule has 1 aromatic heterocycles. The van der Waals surface area contributed by atoms with Gasteiger partial charge in [-0.3, -0.25) is 9.69 Å². The predicted octanol–water partition coefficient (Wildman–Crippen LogP) is 1.60. The molecule has 1 amide bonds. The summed E-state index contributed by atoms with van der Waals surface area (Å²) in [6.45, 7) is 6.33. The third kappa shape index (κ3) is 5.07. The molecule has 1 saturated heterocycles. The zero-order valence-corrected chi connectivity index (χ0v) is 14.6. The zero-order chi connectivity index (χ0) is 16.9. The summed E-state index contributed by atoms with van der Waals surface area (Å²) in [6, 6.07) is 3.76. The Labute approximate surface area is 138 Å². The minimum atomic E-state index is -2.93. The Morgan fingerprint density at radius 3 is 2.70 bits per heavy atom. The van der Waals surface area contributed by atoms with Crippen molar-refractivity contribution in [3.8, 4) is 0 Å². The van der Waals surface area contributed by atoms with Crippen LogP contribution in [0.4, 0.5) is 0 Å². The Morgan fingerprint density at radius 2 is 2.17 bits per heavy atom. The van der Waals surface area contributed by atoms with Crippen LogP contribution < -0.4 is 5.32 Å². The van der Waals surface area contributed by atoms with Gasteiger partial charge in [0.1, 0.15) is 5.76 Å². The van der Waals surface area contributed by atoms with E-state index in [2.05, 4.69) is 24.1 Å². The van der Waals surface area contributed by atoms with Crippen molar-refractivity contribution in [3.05, 3.63) is 24.2 Å². The summed E-state index contributed by atoms with van der Waals surface area (Å²) in [5, 5.41) is 2.94. The lowest BCUT2D eigenvalue weighted by Crippen LogP contribution is -2.38. The summed E-state index contributed by atoms with van der Waals surface area (Å²) in [6.07, 6.45) is 2.51. The van der Waals surface area contributed by atoms with Crippen LogP contribution in [0.2, 0.25) is 0 Å². The minimum Gasteiger partial charge on any atom is -0.468 e. The lowest BCUT2D eigenvalue weighted by molar-refractivity contribution is -0.122. The highest BCUT2D eigenvalue weighted by Crippen LogP contribution is 2.22. The number of rotatable bonds is 8. The van der Waals surface area contributed by atoms with Gasteiger partial charge in [-0.2, -0.15) is 0 Å². The molecule has 0 spiro atoms. The number of nitrogens with one attached hydrogen (secondary N) is 1. The molecule has 0 unspecified atom stereocenters. The van der Waals surface area contributed by atoms with Crippen LogP contribution in [0.1, 0.15) is 38.5 Å². The first-order chi connectivity index (χ1) is 10.9. The van der Waals surface area contributed by atoms with E-state index >= 15 is 0 Å². The van der Waals surface area contributed by atoms with Crippen LogP contribution >= 0.6 is 0 Å². The van der Waals surface area contributed by atoms with Gasteiger partial charge in [0.05, 0.1) is 23.8 Å². The molecule has 0 bridgehead atoms. The first kappa shape index (κ1) is 18.0. The maximum atomic E-state index is 12.1. The molecule has 0 saturated carbocycles. The molecule has 7 heteroatoms. The van der Waals surface area contributed by atoms with Crippen molar-refractivity contribution >= 4 is 15.7 Å². The molecule has 1 fully saturated rings. The fourth-order valence-corrected chi connectivity index (χ4v) is 4.99. The average Bonchev–Trinajstić information content (AvgIpc) is 3.13. The van der Waals surface area contributed by atoms with E-state index in [9.17, 15) is 13.2 Å². The molecule has 2 atom stereocenters. The van der Waals surface area contributed by atoms with Gasteiger partial charge in [-0.1, -0.05) is 13.8 Å². The number of hydrogen-bond donors (Lipinski definition) is 1. The van der Waals surface area contributed by atoms with E-state index in [0.717, 1.165) is 18.8 Å². The van der Waals surface area contributed by atoms with E-state index in [1.54, 1.807) is 6.26 Å². The molecular formula is C16H26N2O4S. The molecule has 0 aliphatic carbocycles. The number of hydrogen-bond acceptors (Lipinski definition) is 5. The Balaban J connectivity index is 1.89. The van der Waals surface area contributed by atoms with Gasteiger partial charge in [0.15, 0.2) is 9.84 Å². The Bertz CT molecular complexity index is 594. The van der Waals surface area contributed by atoms with Gasteiger partial charge in [0.25, 0.3) is 0 Å². The topological polar surface area (TPSA) is 79.6 Å². The van der Waals surface area contributed by atoms with Crippen LogP contribution in [0.15, 0.2) is 22.8 Å². The zero-order valence-electron chi connectivity index (χ0n) is 13.8. The van der Waals surface area contributed by atoms with Crippen LogP contribution in [-0.2, 0) is 14.6 Å². The molecule has 6 nitrogen and oxygen atoms in total. The van der Waals surface area contributed by atoms with E-state index in [1.165, 1.54) is 0 Å². The van der Waals surface area contributed by atoms with E-state index in [0.29, 0.717) is 13.0 Å². The minimum absolute atomic E-state index is 0.00346. The van der Waals surface area contributed by atoms with E-state index in [-0.39, 0.29) is 35.8 Å². The monoisotopic (exact) mass is 342 g/mol. The lowest BCUT2D eigenvalue weighted by Gasteiger charge is -2.28. The number of carbonyl (C=O) groups excluding carboxylic acids is 1. The fraction of sp³-hybridized carbons (Fsp3) is 0.688. The van der Waals surface area contributed by atoms with Gasteiger partial charge < -0.3 is 9.73 Å². The third-order valence-electron chi connectivity index (χ3n) is 4.42. The third-order valence-corrected chi connectivity index (χ3v) is 6.26. The standard InChI is InChI=1S/C16H26N2O4S/c1-3-18(4-2)14(15-6-5-8-22-15)11-17-16(19)10-13-7-9-23(20,21)12-13/h5-6,8,13-14H,3-4,7,9-12H2,1-2H3,(H,17,19)/t13-,14+/m1/s1. The molecule has 23 heavy (non-hydrogen) atoms. The van der Waals surface area contributed by atoms with Crippen molar-refractivity contribution in [1.82, 2.24) is 10.2 Å². The summed E-state index contributed by atoms with van der Waals surface area (Å²) < 4.78 is 28.4. The molecule has 1 aliphatic heterocycles. The first-order valence-electron chi connectivity index (χ1n) is 8.19. The summed E-state index contributed by atoms with van der Waals surface area (Å²) >= 11 is 0. The van der Waals surface area contributed by atoms with Crippen molar-refractivity contribution in [2.45, 2.75) is 32.7 Å². The van der Waals surface area contributed by atoms with E-state index in [4.69, 9.17) is 4.42 Å². The van der Waals surface area contributed by atoms with Crippen molar-refractivity contribution in [3.63, 3.8) is 0 Å². The van der Waals surface area contributed by atoms with Gasteiger partial charge in [-0.25, -0.2) is 8.42 Å². The Kier molecular flexibility index (Phi) is 6.24. The van der Waals surface area contributed by atoms with Gasteiger partial charge in [0, 0.05) is 13.0 Å². The molecule has 1 N–H and O–H groups in total. The molecule has 1 aromatic rings. The summed E-state index contributed by atoms with van der Waals surface area (Å²) in [4.78, 5) is 14.3. The van der Waals surface area contributed by atoms with Gasteiger partial charge in [-0.15, -0.1) is 0 Å². The summed E-state index contributed by atoms with van der Waals surface area (Å²) in [5.74, 6) is 1.04. The van der Waals surface area contributed by atoms with Gasteiger partial charge in [0.2, 0.25) is 5.91 Å². The van der Waals surface area contributed by atoms with E-state index in [1.807, 2.05) is 12.1 Å². The summed E-state index contributed by atoms with van der Waals surface area (Å²) in [5.41, 5.74) is 0. The Hall–Kier alpha value is -1.34. The second-order valence-electron chi connectivity index (χ2n) is 6.03. The Morgan fingerprint density at radius 1 is 1.43 bits per heavy atom. The smallest absolute Gasteiger partial charge is 0.220 e. The van der Waals surface area contributed by atoms with E-state index < -0.39 is 9.84 Å². The first-order valence-corrected chi connectivity index (χ1v) is 10.0. The fourth-order valence-electron chi connectivity index (χ4n) is 3.13. The number of amides is 1. The SMILES string of the molecule is CCN(CC)[C@@H](CNC(=O)C[C@H]1CCS(=O)(=O)C1)c1ccco1. The van der Waals surface area contributed by atoms with Crippen molar-refractivity contribution in [2.24, 2.45) is 5.92 Å². The quantitative estimate of drug-likeness (QED) is 0.776. The summed E-state index contributed by atoms with van der Waals surface area (Å²) in [7, 11) is -2.93. The van der Waals surface area contributed by atoms with Gasteiger partial charge >= 0.3 is 0 Å². The van der Waals surface area contributed by atoms with Crippen molar-refractivity contribution in [2.75, 3.05) is 31.1 Å². The van der Waals surface area contributed by atoms with Crippen molar-refractivity contribution in [1.29, 1.82) is 0 Å². The highest BCUT2D eigenvalue weighted by Gasteiger charge is 2.29. The molecule has 1 aliphatic rings. The molecule has 0 aromatic carbocycles. The normalized spacial score (nSPS) is 21.4. The highest BCUT2D eigenvalue weighted by atomic mass is 32.2. The second-order valence-corrected chi connectivity index (χ2v) is 8.26. The second kappa shape index (κ2) is 7.97. The van der Waals surface area contributed by atoms with Crippen LogP contribution in [-0.4, -0.2) is 50.4 Å². The molecule has 130 valence electrons. The number of nitrogens with zero attached hydrogens (tertiary/aromatic N) is 1. The average molecular weight is 342 g/mol. The maximum Gasteiger partial charge on any atom is 0.220 e. The van der Waals surface area contributed by atoms with Gasteiger partial charge in [-0.05, 0) is 37.6 Å². The maximum absolute atomic E-state index is 12.1. The number of likely N-dealkylation sites (N-methyl/N-ethyl adjacent to an activating group) is 1. The highest BCUT2D eigenvalue weighted by molar-refractivity contribution is 7.91. The number of sulfone groups is 1. The molecular weight excluding hydrogens is 316 g/mol. The predicted molar refractivity (Wildman–Crippen MR) is 88.8 cm³/mol. The van der Waals surface area contributed by atoms with Crippen molar-refractivity contribution < 1.29 is 17.6 Å². The number of furan rings is 1. The van der Waals surface area contributed by atoms with Crippen LogP contribution in [0, 0.1) is 5.92 Å². The number of carbonyl (C=O) groups is 1. The molecule has 2 rings (SSSR count). The van der Waals surface area contributed by atoms with Crippen LogP contribution in [0.5, 0.6) is 0 Å². The van der Waals surface area contributed by atoms with Crippen LogP contribution in [0.25, 0.3) is 0 Å². The molecule has 0 radical (unpaired) electrons. The van der Waals surface area contributed by atoms with Crippen LogP contribution in [0.3, 0.4) is 0 Å². The lowest BCUT2D eigenvalue weighted by atomic mass is 10.0.